The molecule has 164 valence electrons. The van der Waals surface area contributed by atoms with Gasteiger partial charge in [0.05, 0.1) is 5.92 Å². The molecule has 3 rings (SSSR count). The summed E-state index contributed by atoms with van der Waals surface area (Å²) in [6.45, 7) is 9.94. The van der Waals surface area contributed by atoms with Crippen LogP contribution >= 0.6 is 0 Å². The zero-order valence-corrected chi connectivity index (χ0v) is 18.3. The number of rotatable bonds is 5. The topological polar surface area (TPSA) is 85.6 Å². The smallest absolute Gasteiger partial charge is 0.410 e. The monoisotopic (exact) mass is 416 g/mol. The van der Waals surface area contributed by atoms with Crippen molar-refractivity contribution in [1.82, 2.24) is 19.4 Å². The van der Waals surface area contributed by atoms with E-state index in [2.05, 4.69) is 5.32 Å². The van der Waals surface area contributed by atoms with Gasteiger partial charge in [0.15, 0.2) is 0 Å². The van der Waals surface area contributed by atoms with Crippen LogP contribution in [-0.2, 0) is 22.6 Å². The van der Waals surface area contributed by atoms with Crippen LogP contribution < -0.4 is 10.9 Å². The second kappa shape index (κ2) is 8.93. The zero-order chi connectivity index (χ0) is 21.9. The Morgan fingerprint density at radius 2 is 1.90 bits per heavy atom. The standard InChI is InChI=1S/C22H32N4O4/c1-5-24-12-8-16-9-13-25(20(28)18(16)24)14-10-23-19(27)17-7-6-11-26(15-17)21(29)30-22(2,3)4/h8-9,12-13,17H,5-7,10-11,14-15H2,1-4H3,(H,23,27)/t17-/m1/s1. The van der Waals surface area contributed by atoms with Gasteiger partial charge in [0.25, 0.3) is 5.56 Å². The van der Waals surface area contributed by atoms with Gasteiger partial charge in [0.2, 0.25) is 5.91 Å². The molecule has 2 aromatic heterocycles. The van der Waals surface area contributed by atoms with Crippen molar-refractivity contribution in [2.24, 2.45) is 5.92 Å². The van der Waals surface area contributed by atoms with E-state index in [0.29, 0.717) is 31.7 Å². The summed E-state index contributed by atoms with van der Waals surface area (Å²) < 4.78 is 8.98. The van der Waals surface area contributed by atoms with Gasteiger partial charge in [-0.25, -0.2) is 4.79 Å². The normalized spacial score (nSPS) is 17.2. The van der Waals surface area contributed by atoms with Crippen molar-refractivity contribution in [3.63, 3.8) is 0 Å². The molecule has 8 heteroatoms. The van der Waals surface area contributed by atoms with Crippen molar-refractivity contribution in [3.05, 3.63) is 34.9 Å². The highest BCUT2D eigenvalue weighted by molar-refractivity contribution is 5.80. The molecule has 0 spiro atoms. The highest BCUT2D eigenvalue weighted by Crippen LogP contribution is 2.19. The van der Waals surface area contributed by atoms with Gasteiger partial charge in [-0.3, -0.25) is 9.59 Å². The molecule has 1 fully saturated rings. The van der Waals surface area contributed by atoms with E-state index in [9.17, 15) is 14.4 Å². The molecule has 8 nitrogen and oxygen atoms in total. The summed E-state index contributed by atoms with van der Waals surface area (Å²) in [4.78, 5) is 39.3. The fourth-order valence-corrected chi connectivity index (χ4v) is 3.81. The van der Waals surface area contributed by atoms with Gasteiger partial charge >= 0.3 is 6.09 Å². The maximum atomic E-state index is 12.8. The second-order valence-electron chi connectivity index (χ2n) is 8.78. The number of nitrogens with one attached hydrogen (secondary N) is 1. The third-order valence-electron chi connectivity index (χ3n) is 5.33. The fraction of sp³-hybridized carbons (Fsp3) is 0.591. The Labute approximate surface area is 176 Å². The van der Waals surface area contributed by atoms with Crippen LogP contribution in [0.25, 0.3) is 10.9 Å². The fourth-order valence-electron chi connectivity index (χ4n) is 3.81. The van der Waals surface area contributed by atoms with Crippen LogP contribution in [0.3, 0.4) is 0 Å². The molecule has 3 heterocycles. The van der Waals surface area contributed by atoms with Crippen molar-refractivity contribution >= 4 is 22.9 Å². The molecule has 0 aromatic carbocycles. The summed E-state index contributed by atoms with van der Waals surface area (Å²) in [6, 6.07) is 3.86. The van der Waals surface area contributed by atoms with Gasteiger partial charge in [0.1, 0.15) is 11.1 Å². The molecule has 2 amide bonds. The summed E-state index contributed by atoms with van der Waals surface area (Å²) >= 11 is 0. The van der Waals surface area contributed by atoms with Crippen molar-refractivity contribution in [1.29, 1.82) is 0 Å². The Morgan fingerprint density at radius 1 is 1.20 bits per heavy atom. The van der Waals surface area contributed by atoms with Gasteiger partial charge in [-0.2, -0.15) is 0 Å². The minimum absolute atomic E-state index is 0.0534. The van der Waals surface area contributed by atoms with E-state index in [1.165, 1.54) is 0 Å². The van der Waals surface area contributed by atoms with E-state index in [1.807, 2.05) is 50.6 Å². The Morgan fingerprint density at radius 3 is 2.57 bits per heavy atom. The number of carbonyl (C=O) groups is 2. The number of piperidine rings is 1. The van der Waals surface area contributed by atoms with Gasteiger partial charge in [-0.05, 0) is 52.7 Å². The van der Waals surface area contributed by atoms with Crippen molar-refractivity contribution in [2.75, 3.05) is 19.6 Å². The number of nitrogens with zero attached hydrogens (tertiary/aromatic N) is 3. The van der Waals surface area contributed by atoms with E-state index in [0.717, 1.165) is 24.8 Å². The molecule has 0 aliphatic carbocycles. The molecule has 0 radical (unpaired) electrons. The first kappa shape index (κ1) is 21.9. The molecule has 0 bridgehead atoms. The molecule has 2 aromatic rings. The largest absolute Gasteiger partial charge is 0.444 e. The molecule has 1 aliphatic heterocycles. The average molecular weight is 417 g/mol. The van der Waals surface area contributed by atoms with E-state index < -0.39 is 5.60 Å². The summed E-state index contributed by atoms with van der Waals surface area (Å²) in [7, 11) is 0. The Balaban J connectivity index is 1.56. The molecule has 30 heavy (non-hydrogen) atoms. The van der Waals surface area contributed by atoms with Gasteiger partial charge in [0, 0.05) is 50.5 Å². The van der Waals surface area contributed by atoms with Crippen LogP contribution in [0.4, 0.5) is 4.79 Å². The van der Waals surface area contributed by atoms with Crippen LogP contribution in [0.5, 0.6) is 0 Å². The highest BCUT2D eigenvalue weighted by atomic mass is 16.6. The van der Waals surface area contributed by atoms with Crippen LogP contribution in [0, 0.1) is 5.92 Å². The number of aromatic nitrogens is 2. The summed E-state index contributed by atoms with van der Waals surface area (Å²) in [5, 5.41) is 3.84. The SMILES string of the molecule is CCn1ccc2ccn(CCNC(=O)[C@@H]3CCCN(C(=O)OC(C)(C)C)C3)c(=O)c21. The van der Waals surface area contributed by atoms with Crippen LogP contribution in [-0.4, -0.2) is 51.3 Å². The van der Waals surface area contributed by atoms with E-state index in [1.54, 1.807) is 15.7 Å². The van der Waals surface area contributed by atoms with Crippen molar-refractivity contribution < 1.29 is 14.3 Å². The second-order valence-corrected chi connectivity index (χ2v) is 8.78. The Bertz CT molecular complexity index is 970. The molecule has 0 saturated carbocycles. The number of amides is 2. The third kappa shape index (κ3) is 5.04. The van der Waals surface area contributed by atoms with Crippen LogP contribution in [0.1, 0.15) is 40.5 Å². The van der Waals surface area contributed by atoms with Crippen LogP contribution in [0.15, 0.2) is 29.3 Å². The lowest BCUT2D eigenvalue weighted by Crippen LogP contribution is -2.47. The molecule has 1 N–H and O–H groups in total. The summed E-state index contributed by atoms with van der Waals surface area (Å²) in [5.41, 5.74) is 0.0761. The predicted octanol–water partition coefficient (Wildman–Crippen LogP) is 2.59. The zero-order valence-electron chi connectivity index (χ0n) is 18.3. The quantitative estimate of drug-likeness (QED) is 0.812. The third-order valence-corrected chi connectivity index (χ3v) is 5.33. The Kier molecular flexibility index (Phi) is 6.53. The number of carbonyl (C=O) groups excluding carboxylic acids is 2. The molecule has 0 unspecified atom stereocenters. The predicted molar refractivity (Wildman–Crippen MR) is 115 cm³/mol. The maximum absolute atomic E-state index is 12.8. The first-order valence-corrected chi connectivity index (χ1v) is 10.6. The van der Waals surface area contributed by atoms with E-state index in [-0.39, 0.29) is 23.5 Å². The minimum atomic E-state index is -0.557. The molecule has 1 saturated heterocycles. The van der Waals surface area contributed by atoms with Gasteiger partial charge in [-0.15, -0.1) is 0 Å². The first-order chi connectivity index (χ1) is 14.2. The lowest BCUT2D eigenvalue weighted by atomic mass is 9.97. The number of fused-ring (bicyclic) bond motifs is 1. The van der Waals surface area contributed by atoms with Crippen molar-refractivity contribution in [3.8, 4) is 0 Å². The average Bonchev–Trinajstić information content (AvgIpc) is 3.12. The first-order valence-electron chi connectivity index (χ1n) is 10.6. The summed E-state index contributed by atoms with van der Waals surface area (Å²) in [6.07, 6.45) is 4.81. The maximum Gasteiger partial charge on any atom is 0.410 e. The lowest BCUT2D eigenvalue weighted by molar-refractivity contribution is -0.126. The number of pyridine rings is 1. The number of ether oxygens (including phenoxy) is 1. The van der Waals surface area contributed by atoms with Gasteiger partial charge < -0.3 is 24.1 Å². The lowest BCUT2D eigenvalue weighted by Gasteiger charge is -2.33. The molecule has 1 aliphatic rings. The number of hydrogen-bond acceptors (Lipinski definition) is 4. The van der Waals surface area contributed by atoms with E-state index in [4.69, 9.17) is 4.74 Å². The highest BCUT2D eigenvalue weighted by Gasteiger charge is 2.30. The number of aryl methyl sites for hydroxylation is 1. The van der Waals surface area contributed by atoms with Gasteiger partial charge in [-0.1, -0.05) is 0 Å². The number of hydrogen-bond donors (Lipinski definition) is 1. The summed E-state index contributed by atoms with van der Waals surface area (Å²) in [5.74, 6) is -0.350. The van der Waals surface area contributed by atoms with E-state index >= 15 is 0 Å². The van der Waals surface area contributed by atoms with Crippen molar-refractivity contribution in [2.45, 2.75) is 59.2 Å². The molecule has 1 atom stereocenters. The van der Waals surface area contributed by atoms with Crippen LogP contribution in [0.2, 0.25) is 0 Å². The molecular weight excluding hydrogens is 384 g/mol. The minimum Gasteiger partial charge on any atom is -0.444 e. The molecular formula is C22H32N4O4. The Hall–Kier alpha value is -2.77. The number of likely N-dealkylation sites (tertiary alicyclic amines) is 1.